The van der Waals surface area contributed by atoms with Gasteiger partial charge < -0.3 is 5.32 Å². The third kappa shape index (κ3) is 3.84. The highest BCUT2D eigenvalue weighted by atomic mass is 35.5. The molecule has 0 aliphatic heterocycles. The maximum Gasteiger partial charge on any atom is 0.295 e. The van der Waals surface area contributed by atoms with E-state index in [0.717, 1.165) is 25.7 Å². The van der Waals surface area contributed by atoms with Crippen molar-refractivity contribution in [1.29, 1.82) is 0 Å². The van der Waals surface area contributed by atoms with Gasteiger partial charge in [0, 0.05) is 12.6 Å². The van der Waals surface area contributed by atoms with Crippen LogP contribution in [-0.2, 0) is 0 Å². The van der Waals surface area contributed by atoms with E-state index in [2.05, 4.69) is 12.2 Å². The smallest absolute Gasteiger partial charge is 0.295 e. The van der Waals surface area contributed by atoms with Gasteiger partial charge in [0.1, 0.15) is 0 Å². The standard InChI is InChI=1S/C12H16ClFN2O2/c1-2-3-4-5-8-15-12-10(16(17)18)7-6-9(13)11(12)14/h6-7,15H,2-5,8H2,1H3. The Morgan fingerprint density at radius 2 is 2.11 bits per heavy atom. The van der Waals surface area contributed by atoms with Crippen molar-refractivity contribution in [2.75, 3.05) is 11.9 Å². The molecule has 0 saturated carbocycles. The Morgan fingerprint density at radius 3 is 2.72 bits per heavy atom. The lowest BCUT2D eigenvalue weighted by Crippen LogP contribution is -2.06. The molecule has 0 unspecified atom stereocenters. The van der Waals surface area contributed by atoms with Gasteiger partial charge in [-0.05, 0) is 12.5 Å². The Labute approximate surface area is 110 Å². The van der Waals surface area contributed by atoms with Gasteiger partial charge in [-0.15, -0.1) is 0 Å². The number of hydrogen-bond donors (Lipinski definition) is 1. The Hall–Kier alpha value is -1.36. The normalized spacial score (nSPS) is 10.4. The predicted octanol–water partition coefficient (Wildman–Crippen LogP) is 4.38. The fourth-order valence-corrected chi connectivity index (χ4v) is 1.78. The van der Waals surface area contributed by atoms with E-state index in [-0.39, 0.29) is 16.4 Å². The Balaban J connectivity index is 2.73. The van der Waals surface area contributed by atoms with Crippen LogP contribution in [0.25, 0.3) is 0 Å². The molecule has 0 amide bonds. The van der Waals surface area contributed by atoms with Gasteiger partial charge in [-0.2, -0.15) is 0 Å². The molecule has 4 nitrogen and oxygen atoms in total. The van der Waals surface area contributed by atoms with E-state index in [0.29, 0.717) is 6.54 Å². The van der Waals surface area contributed by atoms with E-state index in [1.807, 2.05) is 0 Å². The summed E-state index contributed by atoms with van der Waals surface area (Å²) in [5, 5.41) is 13.4. The van der Waals surface area contributed by atoms with E-state index in [1.165, 1.54) is 12.1 Å². The van der Waals surface area contributed by atoms with Crippen LogP contribution in [0.15, 0.2) is 12.1 Å². The van der Waals surface area contributed by atoms with Crippen LogP contribution >= 0.6 is 11.6 Å². The Kier molecular flexibility index (Phi) is 5.85. The summed E-state index contributed by atoms with van der Waals surface area (Å²) >= 11 is 5.62. The number of halogens is 2. The summed E-state index contributed by atoms with van der Waals surface area (Å²) in [5.74, 6) is -0.763. The molecule has 6 heteroatoms. The number of nitro benzene ring substituents is 1. The molecule has 1 aromatic rings. The van der Waals surface area contributed by atoms with Gasteiger partial charge in [-0.25, -0.2) is 4.39 Å². The summed E-state index contributed by atoms with van der Waals surface area (Å²) in [5.41, 5.74) is -0.406. The summed E-state index contributed by atoms with van der Waals surface area (Å²) in [6.07, 6.45) is 4.06. The van der Waals surface area contributed by atoms with Crippen molar-refractivity contribution in [3.05, 3.63) is 33.1 Å². The van der Waals surface area contributed by atoms with Gasteiger partial charge in [-0.1, -0.05) is 37.8 Å². The number of hydrogen-bond acceptors (Lipinski definition) is 3. The zero-order valence-corrected chi connectivity index (χ0v) is 11.0. The molecule has 0 aliphatic rings. The minimum absolute atomic E-state index is 0.114. The van der Waals surface area contributed by atoms with Crippen LogP contribution in [0.2, 0.25) is 5.02 Å². The van der Waals surface area contributed by atoms with E-state index >= 15 is 0 Å². The van der Waals surface area contributed by atoms with Crippen molar-refractivity contribution in [2.45, 2.75) is 32.6 Å². The average Bonchev–Trinajstić information content (AvgIpc) is 2.33. The van der Waals surface area contributed by atoms with Crippen molar-refractivity contribution in [1.82, 2.24) is 0 Å². The fourth-order valence-electron chi connectivity index (χ4n) is 1.63. The average molecular weight is 275 g/mol. The van der Waals surface area contributed by atoms with E-state index in [4.69, 9.17) is 11.6 Å². The lowest BCUT2D eigenvalue weighted by Gasteiger charge is -2.08. The largest absolute Gasteiger partial charge is 0.377 e. The second kappa shape index (κ2) is 7.16. The van der Waals surface area contributed by atoms with E-state index < -0.39 is 10.7 Å². The van der Waals surface area contributed by atoms with Crippen LogP contribution in [0.4, 0.5) is 15.8 Å². The van der Waals surface area contributed by atoms with Gasteiger partial charge in [0.15, 0.2) is 11.5 Å². The van der Waals surface area contributed by atoms with Gasteiger partial charge in [0.25, 0.3) is 5.69 Å². The van der Waals surface area contributed by atoms with Crippen LogP contribution in [-0.4, -0.2) is 11.5 Å². The van der Waals surface area contributed by atoms with Crippen molar-refractivity contribution >= 4 is 23.0 Å². The summed E-state index contributed by atoms with van der Waals surface area (Å²) in [6.45, 7) is 2.59. The quantitative estimate of drug-likeness (QED) is 0.456. The molecule has 0 fully saturated rings. The van der Waals surface area contributed by atoms with E-state index in [1.54, 1.807) is 0 Å². The minimum Gasteiger partial charge on any atom is -0.377 e. The SMILES string of the molecule is CCCCCCNc1c([N+](=O)[O-])ccc(Cl)c1F. The molecule has 0 heterocycles. The fraction of sp³-hybridized carbons (Fsp3) is 0.500. The number of nitro groups is 1. The number of nitrogens with zero attached hydrogens (tertiary/aromatic N) is 1. The molecule has 18 heavy (non-hydrogen) atoms. The highest BCUT2D eigenvalue weighted by Crippen LogP contribution is 2.32. The zero-order chi connectivity index (χ0) is 13.5. The molecule has 0 saturated heterocycles. The van der Waals surface area contributed by atoms with Crippen LogP contribution in [0.5, 0.6) is 0 Å². The van der Waals surface area contributed by atoms with Crippen LogP contribution in [0.3, 0.4) is 0 Å². The van der Waals surface area contributed by atoms with Crippen molar-refractivity contribution in [3.8, 4) is 0 Å². The molecule has 0 bridgehead atoms. The molecule has 0 radical (unpaired) electrons. The van der Waals surface area contributed by atoms with Crippen LogP contribution in [0.1, 0.15) is 32.6 Å². The molecule has 0 aliphatic carbocycles. The van der Waals surface area contributed by atoms with E-state index in [9.17, 15) is 14.5 Å². The van der Waals surface area contributed by atoms with Gasteiger partial charge in [0.2, 0.25) is 0 Å². The highest BCUT2D eigenvalue weighted by Gasteiger charge is 2.20. The first-order chi connectivity index (χ1) is 8.57. The number of unbranched alkanes of at least 4 members (excludes halogenated alkanes) is 3. The number of nitrogens with one attached hydrogen (secondary N) is 1. The molecule has 0 aromatic heterocycles. The van der Waals surface area contributed by atoms with Crippen molar-refractivity contribution in [2.24, 2.45) is 0 Å². The maximum atomic E-state index is 13.7. The first-order valence-electron chi connectivity index (χ1n) is 5.94. The molecule has 1 N–H and O–H groups in total. The van der Waals surface area contributed by atoms with Gasteiger partial charge in [-0.3, -0.25) is 10.1 Å². The number of anilines is 1. The van der Waals surface area contributed by atoms with Crippen LogP contribution in [0, 0.1) is 15.9 Å². The second-order valence-corrected chi connectivity index (χ2v) is 4.41. The first-order valence-corrected chi connectivity index (χ1v) is 6.32. The maximum absolute atomic E-state index is 13.7. The number of benzene rings is 1. The highest BCUT2D eigenvalue weighted by molar-refractivity contribution is 6.31. The third-order valence-corrected chi connectivity index (χ3v) is 2.89. The molecule has 0 atom stereocenters. The third-order valence-electron chi connectivity index (χ3n) is 2.60. The molecule has 1 rings (SSSR count). The summed E-state index contributed by atoms with van der Waals surface area (Å²) in [6, 6.07) is 2.40. The predicted molar refractivity (Wildman–Crippen MR) is 70.7 cm³/mol. The lowest BCUT2D eigenvalue weighted by molar-refractivity contribution is -0.384. The summed E-state index contributed by atoms with van der Waals surface area (Å²) < 4.78 is 13.7. The second-order valence-electron chi connectivity index (χ2n) is 4.00. The molecule has 0 spiro atoms. The van der Waals surface area contributed by atoms with Crippen molar-refractivity contribution < 1.29 is 9.31 Å². The summed E-state index contributed by atoms with van der Waals surface area (Å²) in [4.78, 5) is 10.2. The molecule has 100 valence electrons. The Morgan fingerprint density at radius 1 is 1.39 bits per heavy atom. The monoisotopic (exact) mass is 274 g/mol. The topological polar surface area (TPSA) is 55.2 Å². The van der Waals surface area contributed by atoms with Gasteiger partial charge in [0.05, 0.1) is 9.95 Å². The molecular weight excluding hydrogens is 259 g/mol. The molecular formula is C12H16ClFN2O2. The first kappa shape index (κ1) is 14.7. The Bertz CT molecular complexity index is 427. The lowest BCUT2D eigenvalue weighted by atomic mass is 10.2. The van der Waals surface area contributed by atoms with Crippen LogP contribution < -0.4 is 5.32 Å². The minimum atomic E-state index is -0.763. The number of rotatable bonds is 7. The molecule has 1 aromatic carbocycles. The summed E-state index contributed by atoms with van der Waals surface area (Å²) in [7, 11) is 0. The van der Waals surface area contributed by atoms with Crippen molar-refractivity contribution in [3.63, 3.8) is 0 Å². The zero-order valence-electron chi connectivity index (χ0n) is 10.2. The van der Waals surface area contributed by atoms with Gasteiger partial charge >= 0.3 is 0 Å².